The van der Waals surface area contributed by atoms with Crippen molar-refractivity contribution >= 4 is 9.84 Å². The first-order chi connectivity index (χ1) is 11.8. The molecule has 0 bridgehead atoms. The minimum Gasteiger partial charge on any atom is -0.388 e. The number of aliphatic hydroxyl groups excluding tert-OH is 1. The predicted octanol–water partition coefficient (Wildman–Crippen LogP) is 2.58. The second kappa shape index (κ2) is 6.34. The van der Waals surface area contributed by atoms with Gasteiger partial charge >= 0.3 is 0 Å². The Morgan fingerprint density at radius 3 is 2.40 bits per heavy atom. The topological polar surface area (TPSA) is 93.3 Å². The van der Waals surface area contributed by atoms with Gasteiger partial charge in [-0.15, -0.1) is 0 Å². The van der Waals surface area contributed by atoms with Crippen LogP contribution in [0.2, 0.25) is 0 Å². The van der Waals surface area contributed by atoms with Gasteiger partial charge in [0.1, 0.15) is 28.8 Å². The molecule has 0 amide bonds. The van der Waals surface area contributed by atoms with Crippen LogP contribution in [0, 0.1) is 11.6 Å². The number of pyridine rings is 1. The van der Waals surface area contributed by atoms with Crippen molar-refractivity contribution < 1.29 is 26.8 Å². The number of aromatic nitrogens is 2. The second-order valence-electron chi connectivity index (χ2n) is 5.27. The zero-order valence-electron chi connectivity index (χ0n) is 12.9. The van der Waals surface area contributed by atoms with Crippen LogP contribution < -0.4 is 0 Å². The smallest absolute Gasteiger partial charge is 0.181 e. The van der Waals surface area contributed by atoms with Crippen molar-refractivity contribution in [2.24, 2.45) is 0 Å². The summed E-state index contributed by atoms with van der Waals surface area (Å²) in [6, 6.07) is 5.03. The summed E-state index contributed by atoms with van der Waals surface area (Å²) in [5, 5.41) is 13.3. The van der Waals surface area contributed by atoms with E-state index in [1.54, 1.807) is 12.1 Å². The summed E-state index contributed by atoms with van der Waals surface area (Å²) in [6.45, 7) is -0.556. The van der Waals surface area contributed by atoms with Gasteiger partial charge in [0.15, 0.2) is 15.6 Å². The van der Waals surface area contributed by atoms with E-state index in [0.717, 1.165) is 12.1 Å². The van der Waals surface area contributed by atoms with Gasteiger partial charge in [0, 0.05) is 24.2 Å². The Morgan fingerprint density at radius 2 is 1.88 bits per heavy atom. The molecular weight excluding hydrogens is 354 g/mol. The molecule has 3 rings (SSSR count). The quantitative estimate of drug-likeness (QED) is 0.763. The Hall–Kier alpha value is -2.65. The molecule has 0 aliphatic rings. The zero-order valence-corrected chi connectivity index (χ0v) is 13.7. The van der Waals surface area contributed by atoms with E-state index in [0.29, 0.717) is 11.8 Å². The molecule has 2 aromatic heterocycles. The molecule has 0 saturated carbocycles. The van der Waals surface area contributed by atoms with Gasteiger partial charge < -0.3 is 9.63 Å². The molecule has 0 atom stereocenters. The monoisotopic (exact) mass is 366 g/mol. The van der Waals surface area contributed by atoms with Crippen LogP contribution in [0.5, 0.6) is 0 Å². The minimum absolute atomic E-state index is 0.00782. The molecular formula is C16H12F2N2O4S. The van der Waals surface area contributed by atoms with Gasteiger partial charge in [-0.2, -0.15) is 0 Å². The SMILES string of the molecule is CS(=O)(=O)c1c(F)cc(-c2c(-c3cccnc3)noc2CO)cc1F. The van der Waals surface area contributed by atoms with Crippen molar-refractivity contribution in [3.8, 4) is 22.4 Å². The summed E-state index contributed by atoms with van der Waals surface area (Å²) < 4.78 is 56.5. The summed E-state index contributed by atoms with van der Waals surface area (Å²) in [5.41, 5.74) is 0.886. The van der Waals surface area contributed by atoms with E-state index in [1.807, 2.05) is 0 Å². The molecule has 0 aliphatic carbocycles. The molecule has 2 heterocycles. The van der Waals surface area contributed by atoms with Crippen LogP contribution in [0.4, 0.5) is 8.78 Å². The Labute approximate surface area is 141 Å². The van der Waals surface area contributed by atoms with Gasteiger partial charge in [0.25, 0.3) is 0 Å². The fourth-order valence-corrected chi connectivity index (χ4v) is 3.31. The summed E-state index contributed by atoms with van der Waals surface area (Å²) >= 11 is 0. The average Bonchev–Trinajstić information content (AvgIpc) is 2.97. The van der Waals surface area contributed by atoms with Crippen LogP contribution in [-0.4, -0.2) is 29.9 Å². The summed E-state index contributed by atoms with van der Waals surface area (Å²) in [7, 11) is -4.08. The third-order valence-corrected chi connectivity index (χ3v) is 4.63. The molecule has 9 heteroatoms. The molecule has 1 aromatic carbocycles. The molecule has 3 aromatic rings. The lowest BCUT2D eigenvalue weighted by molar-refractivity contribution is 0.230. The highest BCUT2D eigenvalue weighted by atomic mass is 32.2. The van der Waals surface area contributed by atoms with Gasteiger partial charge in [-0.05, 0) is 29.8 Å². The molecule has 0 unspecified atom stereocenters. The van der Waals surface area contributed by atoms with Crippen LogP contribution in [-0.2, 0) is 16.4 Å². The molecule has 0 saturated heterocycles. The van der Waals surface area contributed by atoms with E-state index in [1.165, 1.54) is 12.4 Å². The van der Waals surface area contributed by atoms with Crippen LogP contribution in [0.3, 0.4) is 0 Å². The van der Waals surface area contributed by atoms with Crippen molar-refractivity contribution in [1.82, 2.24) is 10.1 Å². The van der Waals surface area contributed by atoms with E-state index < -0.39 is 33.0 Å². The first-order valence-electron chi connectivity index (χ1n) is 7.02. The molecule has 0 aliphatic heterocycles. The van der Waals surface area contributed by atoms with Crippen molar-refractivity contribution in [3.05, 3.63) is 54.1 Å². The predicted molar refractivity (Wildman–Crippen MR) is 84.1 cm³/mol. The summed E-state index contributed by atoms with van der Waals surface area (Å²) in [5.74, 6) is -2.48. The lowest BCUT2D eigenvalue weighted by Crippen LogP contribution is -2.05. The van der Waals surface area contributed by atoms with Crippen molar-refractivity contribution in [2.75, 3.05) is 6.26 Å². The number of hydrogen-bond donors (Lipinski definition) is 1. The molecule has 0 radical (unpaired) electrons. The number of benzene rings is 1. The number of halogens is 2. The zero-order chi connectivity index (χ0) is 18.2. The highest BCUT2D eigenvalue weighted by Crippen LogP contribution is 2.36. The average molecular weight is 366 g/mol. The fraction of sp³-hybridized carbons (Fsp3) is 0.125. The van der Waals surface area contributed by atoms with Gasteiger partial charge in [-0.25, -0.2) is 17.2 Å². The fourth-order valence-electron chi connectivity index (χ4n) is 2.49. The highest BCUT2D eigenvalue weighted by Gasteiger charge is 2.25. The minimum atomic E-state index is -4.08. The first-order valence-corrected chi connectivity index (χ1v) is 8.91. The van der Waals surface area contributed by atoms with E-state index in [2.05, 4.69) is 10.1 Å². The Bertz CT molecular complexity index is 1010. The van der Waals surface area contributed by atoms with Crippen LogP contribution in [0.1, 0.15) is 5.76 Å². The van der Waals surface area contributed by atoms with Crippen molar-refractivity contribution in [1.29, 1.82) is 0 Å². The Balaban J connectivity index is 2.26. The Morgan fingerprint density at radius 1 is 1.20 bits per heavy atom. The standard InChI is InChI=1S/C16H12F2N2O4S/c1-25(22,23)16-11(17)5-10(6-12(16)18)14-13(8-21)24-20-15(14)9-3-2-4-19-7-9/h2-7,21H,8H2,1H3. The molecule has 25 heavy (non-hydrogen) atoms. The lowest BCUT2D eigenvalue weighted by atomic mass is 10.00. The maximum atomic E-state index is 14.2. The van der Waals surface area contributed by atoms with Crippen LogP contribution in [0.25, 0.3) is 22.4 Å². The third kappa shape index (κ3) is 3.15. The van der Waals surface area contributed by atoms with Crippen LogP contribution in [0.15, 0.2) is 46.1 Å². The van der Waals surface area contributed by atoms with Gasteiger partial charge in [-0.1, -0.05) is 5.16 Å². The summed E-state index contributed by atoms with van der Waals surface area (Å²) in [6.07, 6.45) is 3.73. The normalized spacial score (nSPS) is 11.7. The summed E-state index contributed by atoms with van der Waals surface area (Å²) in [4.78, 5) is 2.93. The molecule has 1 N–H and O–H groups in total. The Kier molecular flexibility index (Phi) is 4.36. The van der Waals surface area contributed by atoms with Gasteiger partial charge in [-0.3, -0.25) is 4.98 Å². The van der Waals surface area contributed by atoms with Crippen molar-refractivity contribution in [3.63, 3.8) is 0 Å². The highest BCUT2D eigenvalue weighted by molar-refractivity contribution is 7.90. The maximum Gasteiger partial charge on any atom is 0.181 e. The number of aliphatic hydroxyl groups is 1. The molecule has 0 spiro atoms. The van der Waals surface area contributed by atoms with Gasteiger partial charge in [0.2, 0.25) is 0 Å². The van der Waals surface area contributed by atoms with E-state index in [9.17, 15) is 22.3 Å². The number of hydrogen-bond acceptors (Lipinski definition) is 6. The maximum absolute atomic E-state index is 14.2. The van der Waals surface area contributed by atoms with E-state index in [4.69, 9.17) is 4.52 Å². The van der Waals surface area contributed by atoms with E-state index in [-0.39, 0.29) is 22.6 Å². The van der Waals surface area contributed by atoms with E-state index >= 15 is 0 Å². The lowest BCUT2D eigenvalue weighted by Gasteiger charge is -2.08. The van der Waals surface area contributed by atoms with Gasteiger partial charge in [0.05, 0.1) is 5.56 Å². The third-order valence-electron chi connectivity index (χ3n) is 3.50. The number of sulfone groups is 1. The van der Waals surface area contributed by atoms with Crippen molar-refractivity contribution in [2.45, 2.75) is 11.5 Å². The number of rotatable bonds is 4. The largest absolute Gasteiger partial charge is 0.388 e. The second-order valence-corrected chi connectivity index (χ2v) is 7.22. The van der Waals surface area contributed by atoms with Crippen LogP contribution >= 0.6 is 0 Å². The molecule has 6 nitrogen and oxygen atoms in total. The first kappa shape index (κ1) is 17.2. The number of nitrogens with zero attached hydrogens (tertiary/aromatic N) is 2. The molecule has 0 fully saturated rings. The molecule has 130 valence electrons.